The highest BCUT2D eigenvalue weighted by Crippen LogP contribution is 2.27. The molecule has 31 heavy (non-hydrogen) atoms. The van der Waals surface area contributed by atoms with Crippen molar-refractivity contribution in [3.8, 4) is 11.3 Å². The number of carbonyl (C=O) groups is 1. The smallest absolute Gasteiger partial charge is 0.251 e. The minimum atomic E-state index is -0.298. The van der Waals surface area contributed by atoms with E-state index in [0.29, 0.717) is 17.2 Å². The molecular formula is C26H32N4O. The molecule has 1 amide bonds. The second-order valence-electron chi connectivity index (χ2n) is 9.83. The number of hydrogen-bond donors (Lipinski definition) is 2. The Bertz CT molecular complexity index is 1050. The van der Waals surface area contributed by atoms with E-state index in [1.807, 2.05) is 67.6 Å². The molecule has 0 aliphatic rings. The summed E-state index contributed by atoms with van der Waals surface area (Å²) in [5.41, 5.74) is 3.13. The van der Waals surface area contributed by atoms with Crippen molar-refractivity contribution in [2.45, 2.75) is 53.5 Å². The topological polar surface area (TPSA) is 66.9 Å². The lowest BCUT2D eigenvalue weighted by Crippen LogP contribution is -2.45. The Morgan fingerprint density at radius 3 is 2.29 bits per heavy atom. The van der Waals surface area contributed by atoms with Crippen LogP contribution in [0.1, 0.15) is 57.2 Å². The lowest BCUT2D eigenvalue weighted by atomic mass is 9.81. The average Bonchev–Trinajstić information content (AvgIpc) is 2.66. The van der Waals surface area contributed by atoms with Gasteiger partial charge in [0.05, 0.1) is 5.69 Å². The summed E-state index contributed by atoms with van der Waals surface area (Å²) >= 11 is 0. The molecule has 1 aromatic heterocycles. The molecule has 0 unspecified atom stereocenters. The number of benzene rings is 2. The average molecular weight is 417 g/mol. The Balaban J connectivity index is 1.78. The zero-order valence-electron chi connectivity index (χ0n) is 19.3. The van der Waals surface area contributed by atoms with Crippen LogP contribution in [0.2, 0.25) is 0 Å². The third-order valence-electron chi connectivity index (χ3n) is 4.73. The number of amides is 1. The second kappa shape index (κ2) is 8.88. The number of carbonyl (C=O) groups excluding carboxylic acids is 1. The first-order valence-corrected chi connectivity index (χ1v) is 10.6. The van der Waals surface area contributed by atoms with E-state index in [1.54, 1.807) is 0 Å². The number of rotatable bonds is 6. The summed E-state index contributed by atoms with van der Waals surface area (Å²) in [5.74, 6) is 1.29. The third-order valence-corrected chi connectivity index (χ3v) is 4.73. The van der Waals surface area contributed by atoms with Crippen molar-refractivity contribution in [3.05, 3.63) is 72.1 Å². The van der Waals surface area contributed by atoms with Gasteiger partial charge in [0.15, 0.2) is 0 Å². The van der Waals surface area contributed by atoms with Gasteiger partial charge < -0.3 is 10.6 Å². The van der Waals surface area contributed by atoms with E-state index in [-0.39, 0.29) is 16.9 Å². The molecule has 5 nitrogen and oxygen atoms in total. The summed E-state index contributed by atoms with van der Waals surface area (Å²) in [7, 11) is 0. The van der Waals surface area contributed by atoms with E-state index >= 15 is 0 Å². The molecule has 0 aliphatic heterocycles. The van der Waals surface area contributed by atoms with Gasteiger partial charge in [0.2, 0.25) is 0 Å². The van der Waals surface area contributed by atoms with Gasteiger partial charge in [0.1, 0.15) is 11.6 Å². The van der Waals surface area contributed by atoms with E-state index in [1.165, 1.54) is 0 Å². The van der Waals surface area contributed by atoms with Crippen LogP contribution in [0.4, 0.5) is 11.5 Å². The Hall–Kier alpha value is -3.21. The summed E-state index contributed by atoms with van der Waals surface area (Å²) in [5, 5.41) is 6.49. The lowest BCUT2D eigenvalue weighted by Gasteiger charge is -2.33. The Labute approximate surface area is 185 Å². The maximum Gasteiger partial charge on any atom is 0.251 e. The van der Waals surface area contributed by atoms with Gasteiger partial charge in [0, 0.05) is 28.4 Å². The zero-order chi connectivity index (χ0) is 22.6. The molecule has 3 rings (SSSR count). The monoisotopic (exact) mass is 416 g/mol. The highest BCUT2D eigenvalue weighted by atomic mass is 16.1. The standard InChI is InChI=1S/C26H32N4O/c1-18-27-22(19-11-8-7-9-12-19)16-23(28-18)29-21-14-10-13-20(15-21)24(31)30-26(5,6)17-25(2,3)4/h7-16H,17H2,1-6H3,(H,30,31)(H,27,28,29). The zero-order valence-corrected chi connectivity index (χ0v) is 19.3. The SMILES string of the molecule is Cc1nc(Nc2cccc(C(=O)NC(C)(C)CC(C)(C)C)c2)cc(-c2ccccc2)n1. The minimum Gasteiger partial charge on any atom is -0.347 e. The fourth-order valence-corrected chi connectivity index (χ4v) is 4.02. The van der Waals surface area contributed by atoms with Crippen LogP contribution < -0.4 is 10.6 Å². The molecule has 162 valence electrons. The molecule has 0 radical (unpaired) electrons. The number of aromatic nitrogens is 2. The maximum atomic E-state index is 12.9. The van der Waals surface area contributed by atoms with Gasteiger partial charge in [-0.1, -0.05) is 57.2 Å². The van der Waals surface area contributed by atoms with Crippen LogP contribution in [-0.2, 0) is 0 Å². The molecule has 0 bridgehead atoms. The lowest BCUT2D eigenvalue weighted by molar-refractivity contribution is 0.0891. The van der Waals surface area contributed by atoms with Crippen LogP contribution in [0.25, 0.3) is 11.3 Å². The van der Waals surface area contributed by atoms with E-state index in [0.717, 1.165) is 23.4 Å². The quantitative estimate of drug-likeness (QED) is 0.506. The summed E-state index contributed by atoms with van der Waals surface area (Å²) in [6.07, 6.45) is 0.881. The number of aryl methyl sites for hydroxylation is 1. The van der Waals surface area contributed by atoms with Crippen molar-refractivity contribution >= 4 is 17.4 Å². The normalized spacial score (nSPS) is 11.8. The van der Waals surface area contributed by atoms with Crippen molar-refractivity contribution in [2.75, 3.05) is 5.32 Å². The molecule has 5 heteroatoms. The van der Waals surface area contributed by atoms with Crippen molar-refractivity contribution < 1.29 is 4.79 Å². The van der Waals surface area contributed by atoms with Crippen molar-refractivity contribution in [1.29, 1.82) is 0 Å². The Kier molecular flexibility index (Phi) is 6.44. The van der Waals surface area contributed by atoms with Gasteiger partial charge in [-0.3, -0.25) is 4.79 Å². The Morgan fingerprint density at radius 1 is 0.903 bits per heavy atom. The number of hydrogen-bond acceptors (Lipinski definition) is 4. The van der Waals surface area contributed by atoms with Gasteiger partial charge in [0.25, 0.3) is 5.91 Å². The molecule has 0 spiro atoms. The van der Waals surface area contributed by atoms with E-state index in [2.05, 4.69) is 55.2 Å². The molecule has 0 saturated carbocycles. The fourth-order valence-electron chi connectivity index (χ4n) is 4.02. The first kappa shape index (κ1) is 22.5. The molecule has 2 aromatic carbocycles. The largest absolute Gasteiger partial charge is 0.347 e. The van der Waals surface area contributed by atoms with Gasteiger partial charge >= 0.3 is 0 Å². The van der Waals surface area contributed by atoms with Crippen LogP contribution >= 0.6 is 0 Å². The number of anilines is 2. The first-order chi connectivity index (χ1) is 14.5. The first-order valence-electron chi connectivity index (χ1n) is 10.6. The molecule has 3 aromatic rings. The summed E-state index contributed by atoms with van der Waals surface area (Å²) in [4.78, 5) is 21.9. The van der Waals surface area contributed by atoms with Crippen molar-refractivity contribution in [1.82, 2.24) is 15.3 Å². The molecular weight excluding hydrogens is 384 g/mol. The van der Waals surface area contributed by atoms with E-state index < -0.39 is 0 Å². The van der Waals surface area contributed by atoms with Gasteiger partial charge in [-0.15, -0.1) is 0 Å². The van der Waals surface area contributed by atoms with Crippen molar-refractivity contribution in [3.63, 3.8) is 0 Å². The number of nitrogens with zero attached hydrogens (tertiary/aromatic N) is 2. The Morgan fingerprint density at radius 2 is 1.61 bits per heavy atom. The third kappa shape index (κ3) is 6.64. The van der Waals surface area contributed by atoms with E-state index in [4.69, 9.17) is 0 Å². The summed E-state index contributed by atoms with van der Waals surface area (Å²) in [6, 6.07) is 19.4. The van der Waals surface area contributed by atoms with Crippen LogP contribution in [0.3, 0.4) is 0 Å². The second-order valence-corrected chi connectivity index (χ2v) is 9.83. The molecule has 0 saturated heterocycles. The molecule has 0 fully saturated rings. The summed E-state index contributed by atoms with van der Waals surface area (Å²) in [6.45, 7) is 12.5. The summed E-state index contributed by atoms with van der Waals surface area (Å²) < 4.78 is 0. The maximum absolute atomic E-state index is 12.9. The molecule has 0 atom stereocenters. The fraction of sp³-hybridized carbons (Fsp3) is 0.346. The van der Waals surface area contributed by atoms with Crippen molar-refractivity contribution in [2.24, 2.45) is 5.41 Å². The van der Waals surface area contributed by atoms with Crippen LogP contribution in [0.15, 0.2) is 60.7 Å². The molecule has 2 N–H and O–H groups in total. The minimum absolute atomic E-state index is 0.0817. The number of nitrogens with one attached hydrogen (secondary N) is 2. The van der Waals surface area contributed by atoms with Crippen LogP contribution in [-0.4, -0.2) is 21.4 Å². The molecule has 0 aliphatic carbocycles. The van der Waals surface area contributed by atoms with Gasteiger partial charge in [-0.25, -0.2) is 9.97 Å². The van der Waals surface area contributed by atoms with Gasteiger partial charge in [-0.05, 0) is 50.8 Å². The predicted molar refractivity (Wildman–Crippen MR) is 128 cm³/mol. The van der Waals surface area contributed by atoms with Crippen LogP contribution in [0, 0.1) is 12.3 Å². The van der Waals surface area contributed by atoms with Gasteiger partial charge in [-0.2, -0.15) is 0 Å². The predicted octanol–water partition coefficient (Wildman–Crippen LogP) is 6.14. The van der Waals surface area contributed by atoms with E-state index in [9.17, 15) is 4.79 Å². The molecule has 1 heterocycles. The highest BCUT2D eigenvalue weighted by Gasteiger charge is 2.27. The highest BCUT2D eigenvalue weighted by molar-refractivity contribution is 5.95. The van der Waals surface area contributed by atoms with Crippen LogP contribution in [0.5, 0.6) is 0 Å².